The monoisotopic (exact) mass is 546 g/mol. The summed E-state index contributed by atoms with van der Waals surface area (Å²) in [6.45, 7) is 5.43. The number of nitrogens with zero attached hydrogens (tertiary/aromatic N) is 4. The fraction of sp³-hybridized carbons (Fsp3) is 0.469. The number of fused-ring (bicyclic) bond motifs is 1. The van der Waals surface area contributed by atoms with Crippen LogP contribution in [0.25, 0.3) is 0 Å². The minimum absolute atomic E-state index is 0.0567. The number of aromatic nitrogens is 2. The molecule has 214 valence electrons. The highest BCUT2D eigenvalue weighted by Gasteiger charge is 2.28. The van der Waals surface area contributed by atoms with Gasteiger partial charge in [-0.1, -0.05) is 62.2 Å². The van der Waals surface area contributed by atoms with Crippen molar-refractivity contribution in [3.8, 4) is 5.75 Å². The topological polar surface area (TPSA) is 76.9 Å². The molecule has 0 fully saturated rings. The summed E-state index contributed by atoms with van der Waals surface area (Å²) < 4.78 is 13.5. The van der Waals surface area contributed by atoms with Gasteiger partial charge in [-0.2, -0.15) is 5.10 Å². The summed E-state index contributed by atoms with van der Waals surface area (Å²) in [4.78, 5) is 31.3. The van der Waals surface area contributed by atoms with Gasteiger partial charge in [-0.15, -0.1) is 0 Å². The van der Waals surface area contributed by atoms with E-state index in [2.05, 4.69) is 24.2 Å². The highest BCUT2D eigenvalue weighted by Crippen LogP contribution is 2.23. The second-order valence-electron chi connectivity index (χ2n) is 10.3. The molecule has 0 bridgehead atoms. The van der Waals surface area contributed by atoms with Crippen molar-refractivity contribution < 1.29 is 19.1 Å². The fourth-order valence-electron chi connectivity index (χ4n) is 5.15. The first-order chi connectivity index (χ1) is 19.6. The zero-order valence-electron chi connectivity index (χ0n) is 23.8. The van der Waals surface area contributed by atoms with E-state index in [0.29, 0.717) is 49.7 Å². The molecule has 3 aromatic rings. The average Bonchev–Trinajstić information content (AvgIpc) is 3.45. The number of ether oxygens (including phenoxy) is 2. The largest absolute Gasteiger partial charge is 0.491 e. The van der Waals surface area contributed by atoms with Crippen LogP contribution in [0.3, 0.4) is 0 Å². The van der Waals surface area contributed by atoms with Crippen molar-refractivity contribution in [1.82, 2.24) is 19.6 Å². The second kappa shape index (κ2) is 15.2. The Bertz CT molecular complexity index is 1210. The standard InChI is InChI=1S/C32H42N4O4/c1-3-18-35-21-17-29(33-35)32(38)36-20-12-5-4-11-19-34(22-23-39-2)31(37)28-15-9-10-16-30(28)40-25-27(36)24-26-13-7-6-8-14-26/h6-10,13-17,21,27H,3-5,11-12,18-20,22-25H2,1-2H3/t27-/m0/s1. The Morgan fingerprint density at radius 1 is 0.975 bits per heavy atom. The Labute approximate surface area is 237 Å². The van der Waals surface area contributed by atoms with Crippen molar-refractivity contribution in [3.63, 3.8) is 0 Å². The number of para-hydroxylation sites is 1. The molecule has 1 aromatic heterocycles. The van der Waals surface area contributed by atoms with Crippen LogP contribution in [-0.4, -0.2) is 77.4 Å². The molecule has 0 radical (unpaired) electrons. The summed E-state index contributed by atoms with van der Waals surface area (Å²) in [5.74, 6) is 0.393. The van der Waals surface area contributed by atoms with Crippen molar-refractivity contribution >= 4 is 11.8 Å². The Morgan fingerprint density at radius 3 is 2.50 bits per heavy atom. The van der Waals surface area contributed by atoms with Gasteiger partial charge in [0.05, 0.1) is 18.2 Å². The molecule has 0 N–H and O–H groups in total. The van der Waals surface area contributed by atoms with E-state index >= 15 is 0 Å². The van der Waals surface area contributed by atoms with Gasteiger partial charge in [0.15, 0.2) is 0 Å². The first-order valence-electron chi connectivity index (χ1n) is 14.5. The number of benzene rings is 2. The van der Waals surface area contributed by atoms with Crippen LogP contribution < -0.4 is 4.74 Å². The molecule has 2 aromatic carbocycles. The van der Waals surface area contributed by atoms with Crippen molar-refractivity contribution in [1.29, 1.82) is 0 Å². The molecule has 8 heteroatoms. The molecule has 0 spiro atoms. The van der Waals surface area contributed by atoms with Crippen LogP contribution in [0.1, 0.15) is 65.4 Å². The van der Waals surface area contributed by atoms with Crippen LogP contribution in [0.4, 0.5) is 0 Å². The molecule has 2 amide bonds. The fourth-order valence-corrected chi connectivity index (χ4v) is 5.15. The van der Waals surface area contributed by atoms with Gasteiger partial charge < -0.3 is 19.3 Å². The number of hydrogen-bond donors (Lipinski definition) is 0. The van der Waals surface area contributed by atoms with E-state index in [0.717, 1.165) is 44.2 Å². The second-order valence-corrected chi connectivity index (χ2v) is 10.3. The summed E-state index contributed by atoms with van der Waals surface area (Å²) in [5.41, 5.74) is 2.11. The molecule has 0 aliphatic carbocycles. The lowest BCUT2D eigenvalue weighted by Gasteiger charge is -2.32. The number of methoxy groups -OCH3 is 1. The Balaban J connectivity index is 1.66. The highest BCUT2D eigenvalue weighted by molar-refractivity contribution is 5.97. The first kappa shape index (κ1) is 29.3. The minimum atomic E-state index is -0.234. The van der Waals surface area contributed by atoms with Crippen molar-refractivity contribution in [2.45, 2.75) is 58.0 Å². The van der Waals surface area contributed by atoms with E-state index in [4.69, 9.17) is 9.47 Å². The Morgan fingerprint density at radius 2 is 1.73 bits per heavy atom. The van der Waals surface area contributed by atoms with Crippen molar-refractivity contribution in [2.24, 2.45) is 0 Å². The van der Waals surface area contributed by atoms with Gasteiger partial charge in [0.2, 0.25) is 0 Å². The molecule has 8 nitrogen and oxygen atoms in total. The van der Waals surface area contributed by atoms with Gasteiger partial charge in [0.25, 0.3) is 11.8 Å². The number of hydrogen-bond acceptors (Lipinski definition) is 5. The number of rotatable bonds is 8. The highest BCUT2D eigenvalue weighted by atomic mass is 16.5. The molecule has 0 saturated carbocycles. The molecular formula is C32H42N4O4. The van der Waals surface area contributed by atoms with Crippen LogP contribution >= 0.6 is 0 Å². The first-order valence-corrected chi connectivity index (χ1v) is 14.5. The van der Waals surface area contributed by atoms with Gasteiger partial charge >= 0.3 is 0 Å². The van der Waals surface area contributed by atoms with Gasteiger partial charge in [0.1, 0.15) is 18.1 Å². The number of carbonyl (C=O) groups excluding carboxylic acids is 2. The maximum atomic E-state index is 13.9. The zero-order chi connectivity index (χ0) is 28.2. The van der Waals surface area contributed by atoms with Gasteiger partial charge in [-0.3, -0.25) is 14.3 Å². The van der Waals surface area contributed by atoms with Crippen LogP contribution in [0.2, 0.25) is 0 Å². The van der Waals surface area contributed by atoms with E-state index in [1.54, 1.807) is 7.11 Å². The molecule has 1 aliphatic rings. The van der Waals surface area contributed by atoms with E-state index in [1.807, 2.05) is 69.2 Å². The Hall–Kier alpha value is -3.65. The summed E-state index contributed by atoms with van der Waals surface area (Å²) in [7, 11) is 1.65. The lowest BCUT2D eigenvalue weighted by atomic mass is 10.0. The van der Waals surface area contributed by atoms with E-state index < -0.39 is 0 Å². The van der Waals surface area contributed by atoms with Gasteiger partial charge in [0, 0.05) is 39.5 Å². The van der Waals surface area contributed by atoms with E-state index in [-0.39, 0.29) is 24.5 Å². The minimum Gasteiger partial charge on any atom is -0.491 e. The molecule has 4 rings (SSSR count). The predicted octanol–water partition coefficient (Wildman–Crippen LogP) is 5.09. The lowest BCUT2D eigenvalue weighted by molar-refractivity contribution is 0.0585. The van der Waals surface area contributed by atoms with Gasteiger partial charge in [-0.05, 0) is 49.4 Å². The maximum Gasteiger partial charge on any atom is 0.274 e. The van der Waals surface area contributed by atoms with Crippen LogP contribution in [0.15, 0.2) is 66.9 Å². The van der Waals surface area contributed by atoms with Crippen molar-refractivity contribution in [2.75, 3.05) is 40.0 Å². The lowest BCUT2D eigenvalue weighted by Crippen LogP contribution is -2.46. The quantitative estimate of drug-likeness (QED) is 0.394. The van der Waals surface area contributed by atoms with E-state index in [1.165, 1.54) is 0 Å². The van der Waals surface area contributed by atoms with E-state index in [9.17, 15) is 9.59 Å². The van der Waals surface area contributed by atoms with Crippen LogP contribution in [0, 0.1) is 0 Å². The van der Waals surface area contributed by atoms with Crippen molar-refractivity contribution in [3.05, 3.63) is 83.7 Å². The molecule has 40 heavy (non-hydrogen) atoms. The smallest absolute Gasteiger partial charge is 0.274 e. The predicted molar refractivity (Wildman–Crippen MR) is 156 cm³/mol. The molecule has 1 aliphatic heterocycles. The summed E-state index contributed by atoms with van der Waals surface area (Å²) in [6.07, 6.45) is 7.17. The SMILES string of the molecule is CCCn1ccc(C(=O)N2CCCCCCN(CCOC)C(=O)c3ccccc3OC[C@@H]2Cc2ccccc2)n1. The summed E-state index contributed by atoms with van der Waals surface area (Å²) in [5, 5.41) is 4.58. The number of carbonyl (C=O) groups is 2. The average molecular weight is 547 g/mol. The third-order valence-electron chi connectivity index (χ3n) is 7.31. The zero-order valence-corrected chi connectivity index (χ0v) is 23.8. The van der Waals surface area contributed by atoms with Crippen LogP contribution in [0.5, 0.6) is 5.75 Å². The number of aryl methyl sites for hydroxylation is 1. The molecule has 2 heterocycles. The maximum absolute atomic E-state index is 13.9. The molecule has 0 saturated heterocycles. The Kier molecular flexibility index (Phi) is 11.2. The molecule has 0 unspecified atom stereocenters. The third kappa shape index (κ3) is 7.94. The number of amides is 2. The summed E-state index contributed by atoms with van der Waals surface area (Å²) >= 11 is 0. The molecular weight excluding hydrogens is 504 g/mol. The normalized spacial score (nSPS) is 17.1. The van der Waals surface area contributed by atoms with Gasteiger partial charge in [-0.25, -0.2) is 0 Å². The summed E-state index contributed by atoms with van der Waals surface area (Å²) in [6, 6.07) is 19.2. The third-order valence-corrected chi connectivity index (χ3v) is 7.31. The molecule has 1 atom stereocenters. The van der Waals surface area contributed by atoms with Crippen LogP contribution in [-0.2, 0) is 17.7 Å².